The van der Waals surface area contributed by atoms with E-state index in [1.807, 2.05) is 12.3 Å². The van der Waals surface area contributed by atoms with Gasteiger partial charge in [0.25, 0.3) is 0 Å². The molecule has 1 aromatic rings. The molecule has 2 nitrogen and oxygen atoms in total. The largest absolute Gasteiger partial charge is 0.493 e. The van der Waals surface area contributed by atoms with Gasteiger partial charge in [-0.2, -0.15) is 0 Å². The Morgan fingerprint density at radius 2 is 2.45 bits per heavy atom. The van der Waals surface area contributed by atoms with Crippen molar-refractivity contribution in [3.8, 4) is 5.88 Å². The predicted octanol–water partition coefficient (Wildman–Crippen LogP) is 1.45. The summed E-state index contributed by atoms with van der Waals surface area (Å²) in [6.07, 6.45) is 4.35. The normalized spacial score (nSPS) is 31.3. The van der Waals surface area contributed by atoms with Gasteiger partial charge in [-0.1, -0.05) is 0 Å². The molecule has 3 rings (SSSR count). The van der Waals surface area contributed by atoms with E-state index in [-0.39, 0.29) is 5.88 Å². The number of hydrogen-bond donors (Lipinski definition) is 1. The number of pyridine rings is 1. The Hall–Kier alpha value is -1.05. The third-order valence-corrected chi connectivity index (χ3v) is 2.81. The van der Waals surface area contributed by atoms with Crippen LogP contribution in [-0.2, 0) is 6.42 Å². The molecule has 2 heteroatoms. The average molecular weight is 147 g/mol. The highest BCUT2D eigenvalue weighted by Crippen LogP contribution is 2.56. The SMILES string of the molecule is Oc1cc2c(cn1)[C@@H]1C[C@@H]1C2. The standard InChI is InChI=1S/C9H9NO/c11-9-3-6-1-5-2-7(5)8(6)4-10-9/h3-5,7H,1-2H2,(H,10,11)/t5-,7+/m0/s1. The van der Waals surface area contributed by atoms with Gasteiger partial charge in [-0.25, -0.2) is 4.98 Å². The molecular formula is C9H9NO. The van der Waals surface area contributed by atoms with E-state index in [9.17, 15) is 0 Å². The van der Waals surface area contributed by atoms with Crippen molar-refractivity contribution in [3.63, 3.8) is 0 Å². The van der Waals surface area contributed by atoms with Crippen molar-refractivity contribution >= 4 is 0 Å². The highest BCUT2D eigenvalue weighted by molar-refractivity contribution is 5.41. The van der Waals surface area contributed by atoms with Gasteiger partial charge in [-0.15, -0.1) is 0 Å². The van der Waals surface area contributed by atoms with E-state index in [0.717, 1.165) is 18.3 Å². The topological polar surface area (TPSA) is 33.1 Å². The number of hydrogen-bond acceptors (Lipinski definition) is 2. The first-order valence-electron chi connectivity index (χ1n) is 4.02. The molecule has 0 bridgehead atoms. The van der Waals surface area contributed by atoms with Crippen molar-refractivity contribution < 1.29 is 5.11 Å². The molecule has 2 aliphatic carbocycles. The molecule has 2 aliphatic rings. The number of aromatic nitrogens is 1. The zero-order chi connectivity index (χ0) is 7.42. The van der Waals surface area contributed by atoms with Crippen LogP contribution < -0.4 is 0 Å². The number of rotatable bonds is 0. The van der Waals surface area contributed by atoms with Gasteiger partial charge in [0.1, 0.15) is 0 Å². The Kier molecular flexibility index (Phi) is 0.799. The van der Waals surface area contributed by atoms with Gasteiger partial charge in [0.05, 0.1) is 0 Å². The molecule has 1 aromatic heterocycles. The molecule has 11 heavy (non-hydrogen) atoms. The predicted molar refractivity (Wildman–Crippen MR) is 40.5 cm³/mol. The van der Waals surface area contributed by atoms with Crippen LogP contribution in [0.15, 0.2) is 12.3 Å². The molecular weight excluding hydrogens is 138 g/mol. The van der Waals surface area contributed by atoms with Crippen molar-refractivity contribution in [1.82, 2.24) is 4.98 Å². The lowest BCUT2D eigenvalue weighted by Gasteiger charge is -2.00. The van der Waals surface area contributed by atoms with E-state index in [1.165, 1.54) is 17.5 Å². The van der Waals surface area contributed by atoms with E-state index in [4.69, 9.17) is 5.11 Å². The molecule has 0 amide bonds. The minimum absolute atomic E-state index is 0.171. The number of nitrogens with zero attached hydrogens (tertiary/aromatic N) is 1. The Balaban J connectivity index is 2.18. The monoisotopic (exact) mass is 147 g/mol. The molecule has 1 saturated carbocycles. The summed E-state index contributed by atoms with van der Waals surface area (Å²) in [6.45, 7) is 0. The van der Waals surface area contributed by atoms with Crippen LogP contribution in [0.25, 0.3) is 0 Å². The van der Waals surface area contributed by atoms with Crippen LogP contribution in [0.4, 0.5) is 0 Å². The molecule has 1 heterocycles. The van der Waals surface area contributed by atoms with Crippen molar-refractivity contribution in [2.45, 2.75) is 18.8 Å². The Bertz CT molecular complexity index is 321. The molecule has 0 aromatic carbocycles. The maximum absolute atomic E-state index is 9.09. The Labute approximate surface area is 64.9 Å². The van der Waals surface area contributed by atoms with Crippen LogP contribution in [0.2, 0.25) is 0 Å². The summed E-state index contributed by atoms with van der Waals surface area (Å²) in [6, 6.07) is 1.81. The second-order valence-corrected chi connectivity index (χ2v) is 3.55. The zero-order valence-corrected chi connectivity index (χ0v) is 6.12. The highest BCUT2D eigenvalue weighted by atomic mass is 16.3. The van der Waals surface area contributed by atoms with Crippen LogP contribution in [0.1, 0.15) is 23.5 Å². The third-order valence-electron chi connectivity index (χ3n) is 2.81. The van der Waals surface area contributed by atoms with Crippen LogP contribution in [-0.4, -0.2) is 10.1 Å². The molecule has 0 aliphatic heterocycles. The van der Waals surface area contributed by atoms with Crippen LogP contribution in [0, 0.1) is 5.92 Å². The fraction of sp³-hybridized carbons (Fsp3) is 0.444. The van der Waals surface area contributed by atoms with E-state index in [2.05, 4.69) is 4.98 Å². The van der Waals surface area contributed by atoms with Gasteiger partial charge in [-0.3, -0.25) is 0 Å². The smallest absolute Gasteiger partial charge is 0.210 e. The van der Waals surface area contributed by atoms with Gasteiger partial charge in [0, 0.05) is 12.3 Å². The van der Waals surface area contributed by atoms with Gasteiger partial charge >= 0.3 is 0 Å². The van der Waals surface area contributed by atoms with E-state index in [1.54, 1.807) is 0 Å². The lowest BCUT2D eigenvalue weighted by molar-refractivity contribution is 0.452. The van der Waals surface area contributed by atoms with Gasteiger partial charge < -0.3 is 5.11 Å². The minimum atomic E-state index is 0.171. The summed E-state index contributed by atoms with van der Waals surface area (Å²) < 4.78 is 0. The van der Waals surface area contributed by atoms with Crippen molar-refractivity contribution in [2.24, 2.45) is 5.92 Å². The molecule has 1 N–H and O–H groups in total. The van der Waals surface area contributed by atoms with Gasteiger partial charge in [-0.05, 0) is 35.8 Å². The lowest BCUT2D eigenvalue weighted by atomic mass is 10.1. The van der Waals surface area contributed by atoms with Crippen molar-refractivity contribution in [3.05, 3.63) is 23.4 Å². The summed E-state index contributed by atoms with van der Waals surface area (Å²) in [5.41, 5.74) is 2.70. The number of aromatic hydroxyl groups is 1. The summed E-state index contributed by atoms with van der Waals surface area (Å²) in [7, 11) is 0. The molecule has 0 spiro atoms. The fourth-order valence-electron chi connectivity index (χ4n) is 2.14. The van der Waals surface area contributed by atoms with E-state index in [0.29, 0.717) is 0 Å². The second-order valence-electron chi connectivity index (χ2n) is 3.55. The molecule has 0 saturated heterocycles. The second kappa shape index (κ2) is 1.58. The van der Waals surface area contributed by atoms with Gasteiger partial charge in [0.15, 0.2) is 0 Å². The van der Waals surface area contributed by atoms with Crippen molar-refractivity contribution in [2.75, 3.05) is 0 Å². The first-order chi connectivity index (χ1) is 5.34. The molecule has 56 valence electrons. The first-order valence-corrected chi connectivity index (χ1v) is 4.02. The lowest BCUT2D eigenvalue weighted by Crippen LogP contribution is -1.87. The quantitative estimate of drug-likeness (QED) is 0.602. The Morgan fingerprint density at radius 1 is 1.55 bits per heavy atom. The van der Waals surface area contributed by atoms with Crippen molar-refractivity contribution in [1.29, 1.82) is 0 Å². The summed E-state index contributed by atoms with van der Waals surface area (Å²) in [4.78, 5) is 3.88. The van der Waals surface area contributed by atoms with Gasteiger partial charge in [0.2, 0.25) is 5.88 Å². The van der Waals surface area contributed by atoms with Crippen LogP contribution >= 0.6 is 0 Å². The zero-order valence-electron chi connectivity index (χ0n) is 6.12. The molecule has 0 radical (unpaired) electrons. The summed E-state index contributed by atoms with van der Waals surface area (Å²) in [5, 5.41) is 9.09. The minimum Gasteiger partial charge on any atom is -0.493 e. The maximum atomic E-state index is 9.09. The number of fused-ring (bicyclic) bond motifs is 3. The Morgan fingerprint density at radius 3 is 3.36 bits per heavy atom. The van der Waals surface area contributed by atoms with E-state index >= 15 is 0 Å². The molecule has 0 unspecified atom stereocenters. The molecule has 1 fully saturated rings. The van der Waals surface area contributed by atoms with Crippen LogP contribution in [0.5, 0.6) is 5.88 Å². The fourth-order valence-corrected chi connectivity index (χ4v) is 2.14. The first kappa shape index (κ1) is 5.58. The third kappa shape index (κ3) is 0.642. The maximum Gasteiger partial charge on any atom is 0.210 e. The summed E-state index contributed by atoms with van der Waals surface area (Å²) >= 11 is 0. The average Bonchev–Trinajstić information content (AvgIpc) is 2.63. The summed E-state index contributed by atoms with van der Waals surface area (Å²) in [5.74, 6) is 1.84. The molecule has 2 atom stereocenters. The van der Waals surface area contributed by atoms with E-state index < -0.39 is 0 Å². The van der Waals surface area contributed by atoms with Crippen LogP contribution in [0.3, 0.4) is 0 Å². The highest BCUT2D eigenvalue weighted by Gasteiger charge is 2.45.